The molecular formula is C40H68O5. The topological polar surface area (TPSA) is 83.8 Å². The molecule has 1 aromatic carbocycles. The van der Waals surface area contributed by atoms with E-state index in [0.29, 0.717) is 6.29 Å². The summed E-state index contributed by atoms with van der Waals surface area (Å²) in [6.07, 6.45) is 24.0. The second kappa shape index (κ2) is 28.2. The van der Waals surface area contributed by atoms with Gasteiger partial charge in [-0.25, -0.2) is 0 Å². The first kappa shape index (κ1) is 42.9. The molecule has 2 N–H and O–H groups in total. The Kier molecular flexibility index (Phi) is 26.9. The molecule has 1 atom stereocenters. The molecule has 0 radical (unpaired) electrons. The minimum absolute atomic E-state index is 0.218. The van der Waals surface area contributed by atoms with Crippen LogP contribution in [0.2, 0.25) is 0 Å². The fourth-order valence-electron chi connectivity index (χ4n) is 7.24. The Balaban J connectivity index is 0.00000170. The zero-order chi connectivity index (χ0) is 33.9. The third kappa shape index (κ3) is 18.6. The van der Waals surface area contributed by atoms with E-state index in [1.54, 1.807) is 11.1 Å². The Morgan fingerprint density at radius 2 is 1.38 bits per heavy atom. The third-order valence-corrected chi connectivity index (χ3v) is 9.85. The number of allylic oxidation sites excluding steroid dienone is 1. The summed E-state index contributed by atoms with van der Waals surface area (Å²) in [6.45, 7) is 14.5. The highest BCUT2D eigenvalue weighted by atomic mass is 16.5. The minimum Gasteiger partial charge on any atom is -0.400 e. The van der Waals surface area contributed by atoms with E-state index in [-0.39, 0.29) is 12.2 Å². The minimum atomic E-state index is -0.233. The van der Waals surface area contributed by atoms with E-state index in [4.69, 9.17) is 19.7 Å². The molecule has 0 saturated heterocycles. The third-order valence-electron chi connectivity index (χ3n) is 9.85. The van der Waals surface area contributed by atoms with Gasteiger partial charge in [0.25, 0.3) is 0 Å². The Labute approximate surface area is 276 Å². The molecule has 0 heterocycles. The Bertz CT molecular complexity index is 863. The van der Waals surface area contributed by atoms with Crippen molar-refractivity contribution in [2.45, 2.75) is 135 Å². The van der Waals surface area contributed by atoms with Crippen LogP contribution in [0.4, 0.5) is 0 Å². The second-order valence-electron chi connectivity index (χ2n) is 13.2. The van der Waals surface area contributed by atoms with Crippen LogP contribution in [-0.4, -0.2) is 50.7 Å². The average molecular weight is 629 g/mol. The van der Waals surface area contributed by atoms with Crippen molar-refractivity contribution in [1.29, 1.82) is 0 Å². The van der Waals surface area contributed by atoms with Gasteiger partial charge in [-0.2, -0.15) is 0 Å². The van der Waals surface area contributed by atoms with Crippen LogP contribution in [0.1, 0.15) is 146 Å². The highest BCUT2D eigenvalue weighted by Crippen LogP contribution is 2.43. The largest absolute Gasteiger partial charge is 0.400 e. The number of ether oxygens (including phenoxy) is 1. The second-order valence-corrected chi connectivity index (χ2v) is 13.2. The average Bonchev–Trinajstić information content (AvgIpc) is 3.10. The van der Waals surface area contributed by atoms with Crippen LogP contribution < -0.4 is 0 Å². The van der Waals surface area contributed by atoms with Gasteiger partial charge in [-0.1, -0.05) is 69.0 Å². The molecule has 0 amide bonds. The maximum Gasteiger partial charge on any atom is 0.147 e. The van der Waals surface area contributed by atoms with E-state index < -0.39 is 0 Å². The molecule has 45 heavy (non-hydrogen) atoms. The number of aliphatic hydroxyl groups is 2. The molecule has 2 fully saturated rings. The first-order valence-corrected chi connectivity index (χ1v) is 17.6. The van der Waals surface area contributed by atoms with Gasteiger partial charge in [-0.3, -0.25) is 4.79 Å². The van der Waals surface area contributed by atoms with Gasteiger partial charge in [0.1, 0.15) is 13.1 Å². The molecule has 5 nitrogen and oxygen atoms in total. The zero-order valence-corrected chi connectivity index (χ0v) is 29.4. The van der Waals surface area contributed by atoms with Gasteiger partial charge < -0.3 is 19.7 Å². The van der Waals surface area contributed by atoms with Crippen molar-refractivity contribution in [2.75, 3.05) is 27.4 Å². The smallest absolute Gasteiger partial charge is 0.147 e. The molecule has 0 spiro atoms. The number of carbonyl (C=O) groups is 2. The van der Waals surface area contributed by atoms with Gasteiger partial charge in [0.05, 0.1) is 6.61 Å². The summed E-state index contributed by atoms with van der Waals surface area (Å²) in [6, 6.07) is 9.98. The van der Waals surface area contributed by atoms with Crippen molar-refractivity contribution in [2.24, 2.45) is 17.8 Å². The zero-order valence-electron chi connectivity index (χ0n) is 29.4. The number of unbranched alkanes of at least 4 members (excludes halogenated alkanes) is 2. The lowest BCUT2D eigenvalue weighted by molar-refractivity contribution is -0.105. The molecule has 5 heteroatoms. The standard InChI is InChI=1S/C34H56O.C4H6O2.CH4O.CH2O/c1-5-6-7-11-28-14-16-30(17-15-28)32-22-24-34(25-23-32)33-20-18-31(19-21-33)29(13-9-26-35-4)12-8-10-27(2)3;1-4(2-5)3-6;2*1-2/h22-25,28-31,33H,2,5-21,26H2,1,3-4H3;2,6H,1,3H2;2H,1H3;1H2. The molecule has 2 aliphatic carbocycles. The van der Waals surface area contributed by atoms with Gasteiger partial charge in [-0.15, -0.1) is 6.58 Å². The fraction of sp³-hybridized carbons (Fsp3) is 0.700. The predicted octanol–water partition coefficient (Wildman–Crippen LogP) is 9.76. The maximum absolute atomic E-state index is 9.48. The van der Waals surface area contributed by atoms with Gasteiger partial charge in [0.15, 0.2) is 0 Å². The van der Waals surface area contributed by atoms with E-state index in [1.807, 2.05) is 13.9 Å². The van der Waals surface area contributed by atoms with Crippen molar-refractivity contribution in [3.8, 4) is 0 Å². The summed E-state index contributed by atoms with van der Waals surface area (Å²) in [5.41, 5.74) is 4.78. The highest BCUT2D eigenvalue weighted by Gasteiger charge is 2.28. The highest BCUT2D eigenvalue weighted by molar-refractivity contribution is 5.72. The number of benzene rings is 1. The number of methoxy groups -OCH3 is 1. The van der Waals surface area contributed by atoms with Gasteiger partial charge >= 0.3 is 0 Å². The molecule has 0 aromatic heterocycles. The van der Waals surface area contributed by atoms with Crippen LogP contribution in [0, 0.1) is 17.8 Å². The van der Waals surface area contributed by atoms with Crippen molar-refractivity contribution >= 4 is 13.1 Å². The van der Waals surface area contributed by atoms with Gasteiger partial charge in [0.2, 0.25) is 0 Å². The van der Waals surface area contributed by atoms with Crippen LogP contribution in [0.25, 0.3) is 0 Å². The summed E-state index contributed by atoms with van der Waals surface area (Å²) in [5.74, 6) is 4.40. The molecule has 258 valence electrons. The predicted molar refractivity (Wildman–Crippen MR) is 191 cm³/mol. The molecule has 3 rings (SSSR count). The quantitative estimate of drug-likeness (QED) is 0.0776. The number of aldehydes is 1. The molecule has 0 aliphatic heterocycles. The molecular weight excluding hydrogens is 560 g/mol. The SMILES string of the molecule is C=C(C)CCCC(CCCOC)C1CCC(c2ccc(C3CCC(CCCCC)CC3)cc2)CC1.C=C(C=O)CO.C=O.CO. The summed E-state index contributed by atoms with van der Waals surface area (Å²) in [7, 11) is 2.84. The van der Waals surface area contributed by atoms with Crippen LogP contribution in [0.3, 0.4) is 0 Å². The molecule has 1 aromatic rings. The van der Waals surface area contributed by atoms with E-state index in [0.717, 1.165) is 43.3 Å². The number of rotatable bonds is 17. The summed E-state index contributed by atoms with van der Waals surface area (Å²) in [5, 5.41) is 15.0. The van der Waals surface area contributed by atoms with E-state index in [1.165, 1.54) is 115 Å². The van der Waals surface area contributed by atoms with Crippen LogP contribution in [-0.2, 0) is 14.3 Å². The lowest BCUT2D eigenvalue weighted by Crippen LogP contribution is -2.22. The van der Waals surface area contributed by atoms with Crippen LogP contribution in [0.15, 0.2) is 48.6 Å². The van der Waals surface area contributed by atoms with E-state index in [2.05, 4.69) is 51.3 Å². The van der Waals surface area contributed by atoms with Crippen molar-refractivity contribution in [3.63, 3.8) is 0 Å². The Hall–Kier alpha value is -2.08. The summed E-state index contributed by atoms with van der Waals surface area (Å²) in [4.78, 5) is 17.5. The number of hydrogen-bond acceptors (Lipinski definition) is 5. The lowest BCUT2D eigenvalue weighted by Gasteiger charge is -2.35. The maximum atomic E-state index is 9.48. The molecule has 2 aliphatic rings. The van der Waals surface area contributed by atoms with E-state index in [9.17, 15) is 4.79 Å². The summed E-state index contributed by atoms with van der Waals surface area (Å²) < 4.78 is 5.36. The number of hydrogen-bond donors (Lipinski definition) is 2. The van der Waals surface area contributed by atoms with Crippen molar-refractivity contribution in [3.05, 3.63) is 59.7 Å². The van der Waals surface area contributed by atoms with E-state index >= 15 is 0 Å². The van der Waals surface area contributed by atoms with Crippen LogP contribution in [0.5, 0.6) is 0 Å². The van der Waals surface area contributed by atoms with Gasteiger partial charge in [-0.05, 0) is 131 Å². The molecule has 2 saturated carbocycles. The lowest BCUT2D eigenvalue weighted by atomic mass is 9.71. The number of aliphatic hydroxyl groups excluding tert-OH is 2. The van der Waals surface area contributed by atoms with Gasteiger partial charge in [0, 0.05) is 26.4 Å². The molecule has 0 bridgehead atoms. The Morgan fingerprint density at radius 1 is 0.867 bits per heavy atom. The summed E-state index contributed by atoms with van der Waals surface area (Å²) >= 11 is 0. The van der Waals surface area contributed by atoms with Crippen LogP contribution >= 0.6 is 0 Å². The normalized spacial score (nSPS) is 21.4. The van der Waals surface area contributed by atoms with Crippen molar-refractivity contribution in [1.82, 2.24) is 0 Å². The molecule has 1 unspecified atom stereocenters. The number of carbonyl (C=O) groups excluding carboxylic acids is 2. The van der Waals surface area contributed by atoms with Crippen molar-refractivity contribution < 1.29 is 24.5 Å². The first-order valence-electron chi connectivity index (χ1n) is 17.6. The Morgan fingerprint density at radius 3 is 1.80 bits per heavy atom. The monoisotopic (exact) mass is 629 g/mol. The first-order chi connectivity index (χ1) is 21.9. The fourth-order valence-corrected chi connectivity index (χ4v) is 7.24.